The third-order valence-electron chi connectivity index (χ3n) is 3.43. The molecule has 0 atom stereocenters. The molecule has 0 unspecified atom stereocenters. The fourth-order valence-corrected chi connectivity index (χ4v) is 2.26. The molecule has 0 saturated heterocycles. The Kier molecular flexibility index (Phi) is 3.42. The number of benzene rings is 2. The van der Waals surface area contributed by atoms with Crippen molar-refractivity contribution >= 4 is 16.8 Å². The van der Waals surface area contributed by atoms with Crippen LogP contribution in [0.2, 0.25) is 0 Å². The Balaban J connectivity index is 1.95. The van der Waals surface area contributed by atoms with Gasteiger partial charge in [0.15, 0.2) is 5.58 Å². The van der Waals surface area contributed by atoms with Crippen molar-refractivity contribution in [2.45, 2.75) is 26.2 Å². The first kappa shape index (κ1) is 12.7. The molecule has 1 aromatic heterocycles. The Labute approximate surface area is 118 Å². The van der Waals surface area contributed by atoms with Gasteiger partial charge in [-0.1, -0.05) is 19.4 Å². The molecule has 0 radical (unpaired) electrons. The number of hydrogen-bond acceptors (Lipinski definition) is 3. The predicted octanol–water partition coefficient (Wildman–Crippen LogP) is 4.42. The number of rotatable bonds is 4. The van der Waals surface area contributed by atoms with Gasteiger partial charge >= 0.3 is 0 Å². The van der Waals surface area contributed by atoms with Crippen LogP contribution in [0.15, 0.2) is 46.9 Å². The molecule has 2 N–H and O–H groups in total. The predicted molar refractivity (Wildman–Crippen MR) is 82.5 cm³/mol. The number of nitrogens with zero attached hydrogens (tertiary/aromatic N) is 1. The number of nitrogen functional groups attached to an aromatic ring is 1. The van der Waals surface area contributed by atoms with Gasteiger partial charge in [-0.3, -0.25) is 0 Å². The second kappa shape index (κ2) is 5.37. The Morgan fingerprint density at radius 2 is 1.90 bits per heavy atom. The Hall–Kier alpha value is -2.29. The monoisotopic (exact) mass is 266 g/mol. The summed E-state index contributed by atoms with van der Waals surface area (Å²) in [6.45, 7) is 2.20. The van der Waals surface area contributed by atoms with E-state index in [2.05, 4.69) is 24.0 Å². The molecule has 2 aromatic carbocycles. The second-order valence-electron chi connectivity index (χ2n) is 5.05. The molecular weight excluding hydrogens is 248 g/mol. The minimum Gasteiger partial charge on any atom is -0.436 e. The molecule has 3 rings (SSSR count). The van der Waals surface area contributed by atoms with E-state index in [1.807, 2.05) is 30.3 Å². The highest BCUT2D eigenvalue weighted by Crippen LogP contribution is 2.25. The summed E-state index contributed by atoms with van der Waals surface area (Å²) in [5.74, 6) is 0.646. The number of hydrogen-bond donors (Lipinski definition) is 1. The highest BCUT2D eigenvalue weighted by molar-refractivity contribution is 5.77. The highest BCUT2D eigenvalue weighted by Gasteiger charge is 2.08. The molecule has 3 aromatic rings. The standard InChI is InChI=1S/C17H18N2O/c1-2-3-4-12-5-10-16-15(11-12)19-17(20-16)13-6-8-14(18)9-7-13/h5-11H,2-4,18H2,1H3. The molecule has 3 heteroatoms. The van der Waals surface area contributed by atoms with Gasteiger partial charge in [0.25, 0.3) is 0 Å². The summed E-state index contributed by atoms with van der Waals surface area (Å²) in [5, 5.41) is 0. The SMILES string of the molecule is CCCCc1ccc2oc(-c3ccc(N)cc3)nc2c1. The van der Waals surface area contributed by atoms with Crippen molar-refractivity contribution in [1.29, 1.82) is 0 Å². The largest absolute Gasteiger partial charge is 0.436 e. The maximum absolute atomic E-state index is 5.80. The van der Waals surface area contributed by atoms with E-state index >= 15 is 0 Å². The number of nitrogens with two attached hydrogens (primary N) is 1. The van der Waals surface area contributed by atoms with Gasteiger partial charge in [0.1, 0.15) is 5.52 Å². The van der Waals surface area contributed by atoms with Gasteiger partial charge in [-0.2, -0.15) is 0 Å². The van der Waals surface area contributed by atoms with Gasteiger partial charge in [0.05, 0.1) is 0 Å². The van der Waals surface area contributed by atoms with Crippen LogP contribution < -0.4 is 5.73 Å². The maximum atomic E-state index is 5.80. The van der Waals surface area contributed by atoms with Gasteiger partial charge in [-0.15, -0.1) is 0 Å². The van der Waals surface area contributed by atoms with E-state index in [9.17, 15) is 0 Å². The van der Waals surface area contributed by atoms with Gasteiger partial charge < -0.3 is 10.2 Å². The summed E-state index contributed by atoms with van der Waals surface area (Å²) in [6, 6.07) is 13.8. The lowest BCUT2D eigenvalue weighted by Crippen LogP contribution is -1.84. The lowest BCUT2D eigenvalue weighted by atomic mass is 10.1. The van der Waals surface area contributed by atoms with Crippen LogP contribution in [0.5, 0.6) is 0 Å². The van der Waals surface area contributed by atoms with E-state index in [1.54, 1.807) is 0 Å². The molecule has 3 nitrogen and oxygen atoms in total. The quantitative estimate of drug-likeness (QED) is 0.711. The fourth-order valence-electron chi connectivity index (χ4n) is 2.26. The van der Waals surface area contributed by atoms with Crippen molar-refractivity contribution in [2.24, 2.45) is 0 Å². The minimum atomic E-state index is 0.646. The van der Waals surface area contributed by atoms with E-state index < -0.39 is 0 Å². The van der Waals surface area contributed by atoms with Gasteiger partial charge in [-0.05, 0) is 54.8 Å². The van der Waals surface area contributed by atoms with Crippen LogP contribution in [0.3, 0.4) is 0 Å². The van der Waals surface area contributed by atoms with Crippen molar-refractivity contribution < 1.29 is 4.42 Å². The van der Waals surface area contributed by atoms with Crippen LogP contribution in [-0.2, 0) is 6.42 Å². The lowest BCUT2D eigenvalue weighted by Gasteiger charge is -1.97. The summed E-state index contributed by atoms with van der Waals surface area (Å²) in [6.07, 6.45) is 3.50. The molecule has 0 aliphatic heterocycles. The first-order chi connectivity index (χ1) is 9.76. The second-order valence-corrected chi connectivity index (χ2v) is 5.05. The van der Waals surface area contributed by atoms with E-state index in [0.29, 0.717) is 5.89 Å². The highest BCUT2D eigenvalue weighted by atomic mass is 16.3. The van der Waals surface area contributed by atoms with Gasteiger partial charge in [0, 0.05) is 11.3 Å². The van der Waals surface area contributed by atoms with Gasteiger partial charge in [-0.25, -0.2) is 4.98 Å². The van der Waals surface area contributed by atoms with Crippen molar-refractivity contribution in [1.82, 2.24) is 4.98 Å². The molecule has 0 amide bonds. The maximum Gasteiger partial charge on any atom is 0.227 e. The average molecular weight is 266 g/mol. The van der Waals surface area contributed by atoms with Crippen LogP contribution in [0.25, 0.3) is 22.6 Å². The molecule has 0 aliphatic carbocycles. The van der Waals surface area contributed by atoms with E-state index in [0.717, 1.165) is 28.8 Å². The zero-order chi connectivity index (χ0) is 13.9. The molecule has 0 bridgehead atoms. The summed E-state index contributed by atoms with van der Waals surface area (Å²) in [7, 11) is 0. The van der Waals surface area contributed by atoms with Crippen LogP contribution in [0.4, 0.5) is 5.69 Å². The third kappa shape index (κ3) is 2.52. The average Bonchev–Trinajstić information content (AvgIpc) is 2.89. The number of anilines is 1. The lowest BCUT2D eigenvalue weighted by molar-refractivity contribution is 0.620. The number of aromatic nitrogens is 1. The van der Waals surface area contributed by atoms with Crippen LogP contribution in [0, 0.1) is 0 Å². The van der Waals surface area contributed by atoms with Crippen LogP contribution in [-0.4, -0.2) is 4.98 Å². The summed E-state index contributed by atoms with van der Waals surface area (Å²) < 4.78 is 5.80. The summed E-state index contributed by atoms with van der Waals surface area (Å²) in [4.78, 5) is 4.57. The Bertz CT molecular complexity index is 713. The molecule has 0 fully saturated rings. The van der Waals surface area contributed by atoms with Crippen molar-refractivity contribution in [3.8, 4) is 11.5 Å². The molecular formula is C17H18N2O. The first-order valence-electron chi connectivity index (χ1n) is 7.01. The molecule has 20 heavy (non-hydrogen) atoms. The number of oxazole rings is 1. The fraction of sp³-hybridized carbons (Fsp3) is 0.235. The van der Waals surface area contributed by atoms with Crippen molar-refractivity contribution in [2.75, 3.05) is 5.73 Å². The zero-order valence-electron chi connectivity index (χ0n) is 11.6. The summed E-state index contributed by atoms with van der Waals surface area (Å²) in [5.41, 5.74) is 10.5. The smallest absolute Gasteiger partial charge is 0.227 e. The van der Waals surface area contributed by atoms with Crippen molar-refractivity contribution in [3.63, 3.8) is 0 Å². The van der Waals surface area contributed by atoms with Gasteiger partial charge in [0.2, 0.25) is 5.89 Å². The van der Waals surface area contributed by atoms with E-state index in [1.165, 1.54) is 18.4 Å². The first-order valence-corrected chi connectivity index (χ1v) is 7.01. The number of fused-ring (bicyclic) bond motifs is 1. The van der Waals surface area contributed by atoms with Crippen LogP contribution >= 0.6 is 0 Å². The number of unbranched alkanes of at least 4 members (excludes halogenated alkanes) is 1. The Morgan fingerprint density at radius 1 is 1.10 bits per heavy atom. The zero-order valence-corrected chi connectivity index (χ0v) is 11.6. The molecule has 102 valence electrons. The minimum absolute atomic E-state index is 0.646. The van der Waals surface area contributed by atoms with Crippen LogP contribution in [0.1, 0.15) is 25.3 Å². The third-order valence-corrected chi connectivity index (χ3v) is 3.43. The summed E-state index contributed by atoms with van der Waals surface area (Å²) >= 11 is 0. The topological polar surface area (TPSA) is 52.0 Å². The normalized spacial score (nSPS) is 11.1. The molecule has 0 spiro atoms. The van der Waals surface area contributed by atoms with Crippen molar-refractivity contribution in [3.05, 3.63) is 48.0 Å². The Morgan fingerprint density at radius 3 is 2.65 bits per heavy atom. The molecule has 0 aliphatic rings. The molecule has 0 saturated carbocycles. The number of aryl methyl sites for hydroxylation is 1. The molecule has 1 heterocycles. The van der Waals surface area contributed by atoms with E-state index in [-0.39, 0.29) is 0 Å². The van der Waals surface area contributed by atoms with E-state index in [4.69, 9.17) is 10.2 Å².